The first-order chi connectivity index (χ1) is 10.7. The molecule has 114 valence electrons. The molecule has 0 radical (unpaired) electrons. The summed E-state index contributed by atoms with van der Waals surface area (Å²) in [4.78, 5) is 22.0. The Bertz CT molecular complexity index is 782. The number of carbonyl (C=O) groups excluding carboxylic acids is 1. The summed E-state index contributed by atoms with van der Waals surface area (Å²) >= 11 is 1.64. The average molecular weight is 316 g/mol. The molecule has 1 aliphatic rings. The van der Waals surface area contributed by atoms with E-state index in [1.165, 1.54) is 0 Å². The van der Waals surface area contributed by atoms with Gasteiger partial charge in [-0.1, -0.05) is 5.16 Å². The molecule has 22 heavy (non-hydrogen) atoms. The lowest BCUT2D eigenvalue weighted by Crippen LogP contribution is -2.38. The molecule has 7 heteroatoms. The number of carbonyl (C=O) groups is 1. The van der Waals surface area contributed by atoms with Crippen LogP contribution in [0.3, 0.4) is 0 Å². The predicted octanol–water partition coefficient (Wildman–Crippen LogP) is 2.94. The first-order valence-corrected chi connectivity index (χ1v) is 8.24. The van der Waals surface area contributed by atoms with E-state index in [2.05, 4.69) is 15.1 Å². The summed E-state index contributed by atoms with van der Waals surface area (Å²) in [6.07, 6.45) is 1.75. The zero-order chi connectivity index (χ0) is 15.1. The number of thiophene rings is 1. The Morgan fingerprint density at radius 1 is 1.45 bits per heavy atom. The maximum atomic E-state index is 12.6. The van der Waals surface area contributed by atoms with Gasteiger partial charge in [-0.15, -0.1) is 11.3 Å². The molecule has 0 saturated carbocycles. The van der Waals surface area contributed by atoms with Crippen LogP contribution in [0.25, 0.3) is 10.2 Å². The third-order valence-electron chi connectivity index (χ3n) is 4.16. The summed E-state index contributed by atoms with van der Waals surface area (Å²) in [5.41, 5.74) is 1.71. The molecule has 0 aliphatic carbocycles. The second-order valence-electron chi connectivity index (χ2n) is 5.62. The number of aromatic amines is 1. The van der Waals surface area contributed by atoms with Crippen molar-refractivity contribution in [3.05, 3.63) is 34.9 Å². The highest BCUT2D eigenvalue weighted by molar-refractivity contribution is 7.17. The number of aryl methyl sites for hydroxylation is 1. The van der Waals surface area contributed by atoms with Crippen LogP contribution in [0.5, 0.6) is 0 Å². The third-order valence-corrected chi connectivity index (χ3v) is 5.02. The molecule has 6 nitrogen and oxygen atoms in total. The normalized spacial score (nSPS) is 16.5. The van der Waals surface area contributed by atoms with Crippen molar-refractivity contribution in [1.82, 2.24) is 20.0 Å². The monoisotopic (exact) mass is 316 g/mol. The lowest BCUT2D eigenvalue weighted by Gasteiger charge is -2.30. The van der Waals surface area contributed by atoms with Crippen molar-refractivity contribution in [3.63, 3.8) is 0 Å². The number of rotatable bonds is 2. The summed E-state index contributed by atoms with van der Waals surface area (Å²) in [5.74, 6) is 1.73. The smallest absolute Gasteiger partial charge is 0.270 e. The molecule has 4 heterocycles. The number of nitrogens with one attached hydrogen (secondary N) is 1. The van der Waals surface area contributed by atoms with Crippen molar-refractivity contribution in [2.45, 2.75) is 25.7 Å². The van der Waals surface area contributed by atoms with Gasteiger partial charge in [0.2, 0.25) is 5.89 Å². The second-order valence-corrected chi connectivity index (χ2v) is 6.57. The molecule has 0 aromatic carbocycles. The van der Waals surface area contributed by atoms with Gasteiger partial charge in [-0.3, -0.25) is 4.79 Å². The maximum Gasteiger partial charge on any atom is 0.270 e. The van der Waals surface area contributed by atoms with Crippen LogP contribution >= 0.6 is 11.3 Å². The number of nitrogens with zero attached hydrogens (tertiary/aromatic N) is 3. The molecule has 1 N–H and O–H groups in total. The molecule has 0 atom stereocenters. The van der Waals surface area contributed by atoms with Gasteiger partial charge < -0.3 is 14.4 Å². The van der Waals surface area contributed by atoms with E-state index < -0.39 is 0 Å². The van der Waals surface area contributed by atoms with Crippen molar-refractivity contribution < 1.29 is 9.32 Å². The number of amides is 1. The first kappa shape index (κ1) is 13.5. The van der Waals surface area contributed by atoms with Crippen LogP contribution in [-0.4, -0.2) is 39.0 Å². The van der Waals surface area contributed by atoms with Crippen LogP contribution in [0.2, 0.25) is 0 Å². The Labute approximate surface area is 131 Å². The molecule has 3 aromatic rings. The number of H-pyrrole nitrogens is 1. The molecule has 0 bridgehead atoms. The quantitative estimate of drug-likeness (QED) is 0.788. The molecule has 1 saturated heterocycles. The van der Waals surface area contributed by atoms with Gasteiger partial charge in [0.1, 0.15) is 5.69 Å². The highest BCUT2D eigenvalue weighted by atomic mass is 32.1. The van der Waals surface area contributed by atoms with Gasteiger partial charge in [0.15, 0.2) is 5.82 Å². The number of aromatic nitrogens is 3. The van der Waals surface area contributed by atoms with E-state index in [9.17, 15) is 4.79 Å². The lowest BCUT2D eigenvalue weighted by atomic mass is 9.96. The van der Waals surface area contributed by atoms with E-state index in [1.807, 2.05) is 22.4 Å². The molecule has 4 rings (SSSR count). The van der Waals surface area contributed by atoms with E-state index in [-0.39, 0.29) is 11.8 Å². The Kier molecular flexibility index (Phi) is 3.22. The van der Waals surface area contributed by atoms with Crippen molar-refractivity contribution in [2.24, 2.45) is 0 Å². The van der Waals surface area contributed by atoms with Gasteiger partial charge in [-0.25, -0.2) is 0 Å². The van der Waals surface area contributed by atoms with E-state index in [0.29, 0.717) is 11.6 Å². The van der Waals surface area contributed by atoms with Crippen LogP contribution in [0.1, 0.15) is 41.0 Å². The van der Waals surface area contributed by atoms with Crippen molar-refractivity contribution >= 4 is 27.5 Å². The van der Waals surface area contributed by atoms with Gasteiger partial charge >= 0.3 is 0 Å². The largest absolute Gasteiger partial charge is 0.350 e. The van der Waals surface area contributed by atoms with Crippen molar-refractivity contribution in [2.75, 3.05) is 13.1 Å². The Hall–Kier alpha value is -2.15. The molecule has 0 unspecified atom stereocenters. The molecule has 3 aromatic heterocycles. The summed E-state index contributed by atoms with van der Waals surface area (Å²) in [7, 11) is 0. The number of hydrogen-bond donors (Lipinski definition) is 1. The first-order valence-electron chi connectivity index (χ1n) is 7.36. The lowest BCUT2D eigenvalue weighted by molar-refractivity contribution is 0.0705. The maximum absolute atomic E-state index is 12.6. The molecule has 1 amide bonds. The SMILES string of the molecule is Cc1nc(C2CCN(C(=O)c3cc4sccc4[nH]3)CC2)no1. The predicted molar refractivity (Wildman–Crippen MR) is 83.1 cm³/mol. The molecule has 1 aliphatic heterocycles. The van der Waals surface area contributed by atoms with Crippen LogP contribution < -0.4 is 0 Å². The Balaban J connectivity index is 1.44. The molecule has 1 fully saturated rings. The van der Waals surface area contributed by atoms with E-state index in [0.717, 1.165) is 42.0 Å². The van der Waals surface area contributed by atoms with Gasteiger partial charge in [0.25, 0.3) is 5.91 Å². The van der Waals surface area contributed by atoms with Crippen molar-refractivity contribution in [1.29, 1.82) is 0 Å². The zero-order valence-corrected chi connectivity index (χ0v) is 13.0. The van der Waals surface area contributed by atoms with Gasteiger partial charge in [0.05, 0.1) is 10.2 Å². The van der Waals surface area contributed by atoms with E-state index >= 15 is 0 Å². The number of piperidine rings is 1. The van der Waals surface area contributed by atoms with Crippen molar-refractivity contribution in [3.8, 4) is 0 Å². The van der Waals surface area contributed by atoms with Gasteiger partial charge in [-0.05, 0) is 30.4 Å². The summed E-state index contributed by atoms with van der Waals surface area (Å²) in [6, 6.07) is 3.94. The standard InChI is InChI=1S/C15H16N4O2S/c1-9-16-14(18-21-9)10-2-5-19(6-3-10)15(20)12-8-13-11(17-12)4-7-22-13/h4,7-8,10,17H,2-3,5-6H2,1H3. The number of likely N-dealkylation sites (tertiary alicyclic amines) is 1. The number of fused-ring (bicyclic) bond motifs is 1. The van der Waals surface area contributed by atoms with Crippen LogP contribution in [-0.2, 0) is 0 Å². The zero-order valence-electron chi connectivity index (χ0n) is 12.2. The summed E-state index contributed by atoms with van der Waals surface area (Å²) in [5, 5.41) is 6.02. The minimum atomic E-state index is 0.0751. The Morgan fingerprint density at radius 3 is 2.95 bits per heavy atom. The average Bonchev–Trinajstić information content (AvgIpc) is 3.22. The topological polar surface area (TPSA) is 75.0 Å². The fourth-order valence-corrected chi connectivity index (χ4v) is 3.74. The summed E-state index contributed by atoms with van der Waals surface area (Å²) < 4.78 is 6.17. The number of hydrogen-bond acceptors (Lipinski definition) is 5. The van der Waals surface area contributed by atoms with E-state index in [1.54, 1.807) is 18.3 Å². The molecule has 0 spiro atoms. The van der Waals surface area contributed by atoms with Crippen LogP contribution in [0.15, 0.2) is 22.0 Å². The van der Waals surface area contributed by atoms with Gasteiger partial charge in [-0.2, -0.15) is 4.98 Å². The van der Waals surface area contributed by atoms with E-state index in [4.69, 9.17) is 4.52 Å². The molecular weight excluding hydrogens is 300 g/mol. The fraction of sp³-hybridized carbons (Fsp3) is 0.400. The third kappa shape index (κ3) is 2.31. The highest BCUT2D eigenvalue weighted by Gasteiger charge is 2.27. The second kappa shape index (κ2) is 5.24. The van der Waals surface area contributed by atoms with Crippen LogP contribution in [0, 0.1) is 6.92 Å². The van der Waals surface area contributed by atoms with Crippen LogP contribution in [0.4, 0.5) is 0 Å². The minimum absolute atomic E-state index is 0.0751. The minimum Gasteiger partial charge on any atom is -0.350 e. The highest BCUT2D eigenvalue weighted by Crippen LogP contribution is 2.27. The fourth-order valence-electron chi connectivity index (χ4n) is 2.96. The van der Waals surface area contributed by atoms with Gasteiger partial charge in [0, 0.05) is 25.9 Å². The molecular formula is C15H16N4O2S. The Morgan fingerprint density at radius 2 is 2.27 bits per heavy atom. The summed E-state index contributed by atoms with van der Waals surface area (Å²) in [6.45, 7) is 3.25.